The average Bonchev–Trinajstić information content (AvgIpc) is 2.58. The quantitative estimate of drug-likeness (QED) is 0.727. The second-order valence-corrected chi connectivity index (χ2v) is 5.38. The van der Waals surface area contributed by atoms with E-state index in [1.165, 1.54) is 0 Å². The number of nitrogens with one attached hydrogen (secondary N) is 1. The van der Waals surface area contributed by atoms with Crippen LogP contribution in [-0.2, 0) is 11.4 Å². The largest absolute Gasteiger partial charge is 0.487 e. The minimum Gasteiger partial charge on any atom is -0.487 e. The fraction of sp³-hybridized carbons (Fsp3) is 0.278. The number of amides is 1. The number of hydrogen-bond acceptors (Lipinski definition) is 4. The first-order valence-electron chi connectivity index (χ1n) is 7.69. The number of carboxylic acids is 1. The Morgan fingerprint density at radius 3 is 2.79 bits per heavy atom. The highest BCUT2D eigenvalue weighted by Gasteiger charge is 2.07. The van der Waals surface area contributed by atoms with Crippen LogP contribution >= 0.6 is 0 Å². The summed E-state index contributed by atoms with van der Waals surface area (Å²) < 4.78 is 5.65. The molecule has 2 N–H and O–H groups in total. The summed E-state index contributed by atoms with van der Waals surface area (Å²) in [6, 6.07) is 10.9. The lowest BCUT2D eigenvalue weighted by Gasteiger charge is -2.08. The van der Waals surface area contributed by atoms with Crippen molar-refractivity contribution in [1.29, 1.82) is 0 Å². The number of carbonyl (C=O) groups excluding carboxylic acids is 1. The van der Waals surface area contributed by atoms with Crippen molar-refractivity contribution < 1.29 is 19.4 Å². The molecule has 0 bridgehead atoms. The third-order valence-corrected chi connectivity index (χ3v) is 3.33. The number of aliphatic carboxylic acids is 1. The number of ether oxygens (including phenoxy) is 1. The third-order valence-electron chi connectivity index (χ3n) is 3.33. The summed E-state index contributed by atoms with van der Waals surface area (Å²) in [7, 11) is 0. The Bertz CT molecular complexity index is 698. The Morgan fingerprint density at radius 2 is 2.08 bits per heavy atom. The molecule has 1 amide bonds. The van der Waals surface area contributed by atoms with E-state index in [0.717, 1.165) is 11.3 Å². The number of rotatable bonds is 8. The van der Waals surface area contributed by atoms with Crippen LogP contribution in [0.1, 0.15) is 34.5 Å². The van der Waals surface area contributed by atoms with Crippen LogP contribution in [0.2, 0.25) is 0 Å². The van der Waals surface area contributed by atoms with Crippen molar-refractivity contribution in [1.82, 2.24) is 10.3 Å². The second kappa shape index (κ2) is 8.67. The van der Waals surface area contributed by atoms with Gasteiger partial charge in [0, 0.05) is 24.2 Å². The molecular weight excluding hydrogens is 308 g/mol. The molecule has 0 radical (unpaired) electrons. The molecule has 0 aliphatic rings. The molecule has 126 valence electrons. The van der Waals surface area contributed by atoms with Gasteiger partial charge in [0.25, 0.3) is 5.91 Å². The van der Waals surface area contributed by atoms with E-state index in [0.29, 0.717) is 30.9 Å². The molecule has 0 fully saturated rings. The Balaban J connectivity index is 1.87. The predicted octanol–water partition coefficient (Wildman–Crippen LogP) is 2.56. The van der Waals surface area contributed by atoms with E-state index in [1.807, 2.05) is 25.1 Å². The van der Waals surface area contributed by atoms with Crippen molar-refractivity contribution in [3.8, 4) is 5.75 Å². The Hall–Kier alpha value is -2.89. The molecule has 6 nitrogen and oxygen atoms in total. The van der Waals surface area contributed by atoms with Crippen molar-refractivity contribution in [2.45, 2.75) is 26.4 Å². The van der Waals surface area contributed by atoms with Crippen molar-refractivity contribution in [2.24, 2.45) is 0 Å². The minimum atomic E-state index is -0.867. The van der Waals surface area contributed by atoms with Crippen molar-refractivity contribution in [2.75, 3.05) is 6.54 Å². The van der Waals surface area contributed by atoms with E-state index in [2.05, 4.69) is 10.3 Å². The molecule has 1 heterocycles. The maximum Gasteiger partial charge on any atom is 0.303 e. The maximum atomic E-state index is 12.0. The van der Waals surface area contributed by atoms with E-state index >= 15 is 0 Å². The van der Waals surface area contributed by atoms with Crippen LogP contribution in [0.15, 0.2) is 42.6 Å². The standard InChI is InChI=1S/C18H20N2O4/c1-13-7-8-16(11-20-13)24-12-14-4-2-5-15(10-14)18(23)19-9-3-6-17(21)22/h2,4-5,7-8,10-11H,3,6,9,12H2,1H3,(H,19,23)(H,21,22). The predicted molar refractivity (Wildman–Crippen MR) is 89.0 cm³/mol. The van der Waals surface area contributed by atoms with Gasteiger partial charge in [0.2, 0.25) is 0 Å². The molecule has 24 heavy (non-hydrogen) atoms. The molecule has 2 aromatic rings. The Kier molecular flexibility index (Phi) is 6.31. The normalized spacial score (nSPS) is 10.2. The molecule has 0 saturated carbocycles. The first-order chi connectivity index (χ1) is 11.5. The summed E-state index contributed by atoms with van der Waals surface area (Å²) in [6.45, 7) is 2.58. The molecule has 0 saturated heterocycles. The third kappa shape index (κ3) is 5.72. The smallest absolute Gasteiger partial charge is 0.303 e. The zero-order valence-electron chi connectivity index (χ0n) is 13.5. The highest BCUT2D eigenvalue weighted by Crippen LogP contribution is 2.13. The second-order valence-electron chi connectivity index (χ2n) is 5.38. The zero-order chi connectivity index (χ0) is 17.4. The molecule has 0 aliphatic carbocycles. The van der Waals surface area contributed by atoms with Crippen LogP contribution in [-0.4, -0.2) is 28.5 Å². The van der Waals surface area contributed by atoms with E-state index in [-0.39, 0.29) is 12.3 Å². The SMILES string of the molecule is Cc1ccc(OCc2cccc(C(=O)NCCCC(=O)O)c2)cn1. The first kappa shape index (κ1) is 17.5. The van der Waals surface area contributed by atoms with Gasteiger partial charge < -0.3 is 15.2 Å². The highest BCUT2D eigenvalue weighted by atomic mass is 16.5. The lowest BCUT2D eigenvalue weighted by Crippen LogP contribution is -2.25. The van der Waals surface area contributed by atoms with E-state index in [1.54, 1.807) is 24.4 Å². The number of nitrogens with zero attached hydrogens (tertiary/aromatic N) is 1. The number of carbonyl (C=O) groups is 2. The maximum absolute atomic E-state index is 12.0. The molecule has 0 unspecified atom stereocenters. The Morgan fingerprint density at radius 1 is 1.25 bits per heavy atom. The van der Waals surface area contributed by atoms with Gasteiger partial charge >= 0.3 is 5.97 Å². The van der Waals surface area contributed by atoms with Gasteiger partial charge in [0.05, 0.1) is 6.20 Å². The minimum absolute atomic E-state index is 0.0404. The molecule has 2 rings (SSSR count). The number of benzene rings is 1. The summed E-state index contributed by atoms with van der Waals surface area (Å²) in [6.07, 6.45) is 2.11. The van der Waals surface area contributed by atoms with Gasteiger partial charge in [-0.15, -0.1) is 0 Å². The molecule has 0 atom stereocenters. The fourth-order valence-corrected chi connectivity index (χ4v) is 2.05. The summed E-state index contributed by atoms with van der Waals surface area (Å²) >= 11 is 0. The van der Waals surface area contributed by atoms with Gasteiger partial charge in [-0.25, -0.2) is 0 Å². The molecule has 6 heteroatoms. The number of pyridine rings is 1. The van der Waals surface area contributed by atoms with Gasteiger partial charge in [-0.3, -0.25) is 14.6 Å². The van der Waals surface area contributed by atoms with Crippen molar-refractivity contribution >= 4 is 11.9 Å². The molecular formula is C18H20N2O4. The van der Waals surface area contributed by atoms with E-state index in [9.17, 15) is 9.59 Å². The van der Waals surface area contributed by atoms with Crippen molar-refractivity contribution in [3.63, 3.8) is 0 Å². The fourth-order valence-electron chi connectivity index (χ4n) is 2.05. The topological polar surface area (TPSA) is 88.5 Å². The number of carboxylic acid groups (broad SMARTS) is 1. The van der Waals surface area contributed by atoms with Gasteiger partial charge in [0.15, 0.2) is 0 Å². The number of aromatic nitrogens is 1. The van der Waals surface area contributed by atoms with Crippen LogP contribution in [0, 0.1) is 6.92 Å². The van der Waals surface area contributed by atoms with Crippen LogP contribution in [0.25, 0.3) is 0 Å². The molecule has 0 spiro atoms. The van der Waals surface area contributed by atoms with Crippen LogP contribution in [0.3, 0.4) is 0 Å². The molecule has 0 aliphatic heterocycles. The van der Waals surface area contributed by atoms with E-state index < -0.39 is 5.97 Å². The number of hydrogen-bond donors (Lipinski definition) is 2. The lowest BCUT2D eigenvalue weighted by atomic mass is 10.1. The summed E-state index contributed by atoms with van der Waals surface area (Å²) in [4.78, 5) is 26.6. The Labute approximate surface area is 140 Å². The van der Waals surface area contributed by atoms with E-state index in [4.69, 9.17) is 9.84 Å². The average molecular weight is 328 g/mol. The zero-order valence-corrected chi connectivity index (χ0v) is 13.5. The van der Waals surface area contributed by atoms with Crippen LogP contribution in [0.4, 0.5) is 0 Å². The summed E-state index contributed by atoms with van der Waals surface area (Å²) in [5.74, 6) is -0.419. The monoisotopic (exact) mass is 328 g/mol. The summed E-state index contributed by atoms with van der Waals surface area (Å²) in [5.41, 5.74) is 2.31. The number of aryl methyl sites for hydroxylation is 1. The molecule has 1 aromatic heterocycles. The van der Waals surface area contributed by atoms with Crippen molar-refractivity contribution in [3.05, 3.63) is 59.4 Å². The lowest BCUT2D eigenvalue weighted by molar-refractivity contribution is -0.137. The van der Waals surface area contributed by atoms with Gasteiger partial charge in [-0.2, -0.15) is 0 Å². The molecule has 1 aromatic carbocycles. The summed E-state index contributed by atoms with van der Waals surface area (Å²) in [5, 5.41) is 11.3. The van der Waals surface area contributed by atoms with Crippen LogP contribution < -0.4 is 10.1 Å². The van der Waals surface area contributed by atoms with Gasteiger partial charge in [-0.05, 0) is 43.2 Å². The van der Waals surface area contributed by atoms with Gasteiger partial charge in [0.1, 0.15) is 12.4 Å². The van der Waals surface area contributed by atoms with Gasteiger partial charge in [-0.1, -0.05) is 12.1 Å². The first-order valence-corrected chi connectivity index (χ1v) is 7.69. The highest BCUT2D eigenvalue weighted by molar-refractivity contribution is 5.94. The van der Waals surface area contributed by atoms with Crippen LogP contribution in [0.5, 0.6) is 5.75 Å².